The molecule has 0 bridgehead atoms. The first kappa shape index (κ1) is 79.9. The maximum atomic E-state index is 13.6. The van der Waals surface area contributed by atoms with E-state index in [9.17, 15) is 19.0 Å². The van der Waals surface area contributed by atoms with Crippen molar-refractivity contribution < 1.29 is 37.3 Å². The van der Waals surface area contributed by atoms with Crippen molar-refractivity contribution in [2.45, 2.75) is 315 Å². The topological polar surface area (TPSA) is 111 Å². The Morgan fingerprint density at radius 3 is 1.18 bits per heavy atom. The van der Waals surface area contributed by atoms with Gasteiger partial charge in [0.1, 0.15) is 19.3 Å². The van der Waals surface area contributed by atoms with Crippen molar-refractivity contribution in [3.05, 3.63) is 97.2 Å². The van der Waals surface area contributed by atoms with Gasteiger partial charge in [0.15, 0.2) is 0 Å². The molecule has 0 heterocycles. The first-order valence-corrected chi connectivity index (χ1v) is 36.1. The molecule has 0 saturated carbocycles. The summed E-state index contributed by atoms with van der Waals surface area (Å²) in [6.07, 6.45) is 84.2. The summed E-state index contributed by atoms with van der Waals surface area (Å²) in [5, 5.41) is 3.05. The molecule has 0 aromatic carbocycles. The third-order valence-corrected chi connectivity index (χ3v) is 16.0. The highest BCUT2D eigenvalue weighted by atomic mass is 31.2. The van der Waals surface area contributed by atoms with Gasteiger partial charge in [-0.15, -0.1) is 0 Å². The number of carbonyl (C=O) groups is 2. The Morgan fingerprint density at radius 1 is 0.434 bits per heavy atom. The van der Waals surface area contributed by atoms with Crippen molar-refractivity contribution in [2.24, 2.45) is 0 Å². The van der Waals surface area contributed by atoms with Crippen LogP contribution in [0.1, 0.15) is 303 Å². The molecule has 3 atom stereocenters. The maximum Gasteiger partial charge on any atom is 0.472 e. The molecule has 0 aromatic heterocycles. The van der Waals surface area contributed by atoms with Crippen LogP contribution in [0.2, 0.25) is 0 Å². The van der Waals surface area contributed by atoms with Gasteiger partial charge < -0.3 is 19.4 Å². The number of allylic oxidation sites excluding steroid dienone is 15. The van der Waals surface area contributed by atoms with Gasteiger partial charge in [-0.3, -0.25) is 18.6 Å². The second kappa shape index (κ2) is 62.0. The smallest absolute Gasteiger partial charge is 0.456 e. The van der Waals surface area contributed by atoms with Gasteiger partial charge >= 0.3 is 13.8 Å². The molecule has 0 radical (unpaired) electrons. The zero-order valence-electron chi connectivity index (χ0n) is 54.9. The molecular weight excluding hydrogens is 1050 g/mol. The average molecular weight is 1180 g/mol. The fourth-order valence-corrected chi connectivity index (χ4v) is 10.4. The van der Waals surface area contributed by atoms with E-state index in [1.54, 1.807) is 0 Å². The molecule has 0 aromatic rings. The molecule has 0 aliphatic carbocycles. The number of likely N-dealkylation sites (N-methyl/N-ethyl adjacent to an activating group) is 1. The van der Waals surface area contributed by atoms with Crippen LogP contribution in [-0.2, 0) is 27.9 Å². The van der Waals surface area contributed by atoms with E-state index in [-0.39, 0.29) is 31.5 Å². The van der Waals surface area contributed by atoms with E-state index in [0.29, 0.717) is 17.4 Å². The van der Waals surface area contributed by atoms with E-state index < -0.39 is 20.0 Å². The van der Waals surface area contributed by atoms with Crippen LogP contribution in [0.25, 0.3) is 0 Å². The number of nitrogens with zero attached hydrogens (tertiary/aromatic N) is 1. The zero-order chi connectivity index (χ0) is 60.7. The standard InChI is InChI=1S/C73H131N2O7P/c1-7-10-13-16-19-22-25-27-29-31-33-35-36-37-38-40-42-44-46-48-51-54-57-60-63-66-73(77)82-71(64-61-58-55-52-49-24-21-18-15-12-9-3)70(69-81-83(78,79)80-68-67-75(4,5)6)74-72(76)65-62-59-56-53-50-47-45-43-41-39-34-32-30-28-26-23-20-17-14-11-8-2/h11,14,19-20,22-23,27-30,34,39,43,45,61,64,70-71H,7-10,12-13,15-18,21,24-26,31-33,35-38,40-42,44,46-60,62-63,65-69H2,1-6H3,(H-,74,76,78,79)/p+1/b14-11-,22-19-,23-20-,29-27-,30-28-,39-34-,45-43-,64-61+. The van der Waals surface area contributed by atoms with Crippen LogP contribution in [0.4, 0.5) is 0 Å². The van der Waals surface area contributed by atoms with E-state index in [0.717, 1.165) is 116 Å². The van der Waals surface area contributed by atoms with Crippen LogP contribution in [-0.4, -0.2) is 74.3 Å². The molecule has 0 fully saturated rings. The lowest BCUT2D eigenvalue weighted by atomic mass is 10.0. The third-order valence-electron chi connectivity index (χ3n) is 15.0. The number of phosphoric acid groups is 1. The van der Waals surface area contributed by atoms with Crippen LogP contribution in [0.5, 0.6) is 0 Å². The second-order valence-electron chi connectivity index (χ2n) is 24.3. The van der Waals surface area contributed by atoms with Crippen LogP contribution < -0.4 is 5.32 Å². The predicted molar refractivity (Wildman–Crippen MR) is 360 cm³/mol. The molecule has 83 heavy (non-hydrogen) atoms. The van der Waals surface area contributed by atoms with Crippen molar-refractivity contribution in [1.29, 1.82) is 0 Å². The number of hydrogen-bond donors (Lipinski definition) is 2. The molecule has 0 saturated heterocycles. The highest BCUT2D eigenvalue weighted by Gasteiger charge is 2.30. The SMILES string of the molecule is CC/C=C\C/C=C\C/C=C\C/C=C\C/C=C\CCCCCCCC(=O)NC(COP(=O)(O)OCC[N+](C)(C)C)C(/C=C/CCCCCCCCCCC)OC(=O)CCCCCCCCCCCCCCCCC/C=C\C/C=C\CCCCC. The van der Waals surface area contributed by atoms with E-state index >= 15 is 0 Å². The molecule has 0 rings (SSSR count). The minimum atomic E-state index is -4.46. The van der Waals surface area contributed by atoms with Gasteiger partial charge in [-0.2, -0.15) is 0 Å². The van der Waals surface area contributed by atoms with Gasteiger partial charge in [0, 0.05) is 12.8 Å². The fourth-order valence-electron chi connectivity index (χ4n) is 9.70. The van der Waals surface area contributed by atoms with Crippen LogP contribution in [0, 0.1) is 0 Å². The third kappa shape index (κ3) is 63.3. The summed E-state index contributed by atoms with van der Waals surface area (Å²) in [6, 6.07) is -0.864. The maximum absolute atomic E-state index is 13.6. The quantitative estimate of drug-likeness (QED) is 0.0205. The van der Waals surface area contributed by atoms with Crippen molar-refractivity contribution >= 4 is 19.7 Å². The zero-order valence-corrected chi connectivity index (χ0v) is 55.8. The molecule has 2 N–H and O–H groups in total. The van der Waals surface area contributed by atoms with Gasteiger partial charge in [-0.05, 0) is 109 Å². The van der Waals surface area contributed by atoms with Gasteiger partial charge in [0.05, 0.1) is 33.8 Å². The Hall–Kier alpha value is -3.07. The van der Waals surface area contributed by atoms with Crippen LogP contribution in [0.15, 0.2) is 97.2 Å². The second-order valence-corrected chi connectivity index (χ2v) is 25.8. The van der Waals surface area contributed by atoms with Crippen molar-refractivity contribution in [3.63, 3.8) is 0 Å². The number of amides is 1. The molecule has 9 nitrogen and oxygen atoms in total. The number of phosphoric ester groups is 1. The number of rotatable bonds is 62. The average Bonchev–Trinajstić information content (AvgIpc) is 3.51. The number of ether oxygens (including phenoxy) is 1. The Labute approximate surface area is 513 Å². The summed E-state index contributed by atoms with van der Waals surface area (Å²) >= 11 is 0. The van der Waals surface area contributed by atoms with Crippen molar-refractivity contribution in [1.82, 2.24) is 5.32 Å². The molecule has 0 aliphatic rings. The largest absolute Gasteiger partial charge is 0.472 e. The van der Waals surface area contributed by atoms with E-state index in [2.05, 4.69) is 111 Å². The number of unbranched alkanes of at least 4 members (excludes halogenated alkanes) is 32. The Morgan fingerprint density at radius 2 is 0.771 bits per heavy atom. The summed E-state index contributed by atoms with van der Waals surface area (Å²) < 4.78 is 30.8. The normalized spacial score (nSPS) is 14.2. The predicted octanol–water partition coefficient (Wildman–Crippen LogP) is 21.9. The number of quaternary nitrogens is 1. The summed E-state index contributed by atoms with van der Waals surface area (Å²) in [4.78, 5) is 37.8. The molecule has 0 spiro atoms. The summed E-state index contributed by atoms with van der Waals surface area (Å²) in [7, 11) is 1.48. The van der Waals surface area contributed by atoms with Crippen LogP contribution >= 0.6 is 7.82 Å². The lowest BCUT2D eigenvalue weighted by Crippen LogP contribution is -2.47. The summed E-state index contributed by atoms with van der Waals surface area (Å²) in [5.74, 6) is -0.525. The van der Waals surface area contributed by atoms with E-state index in [1.807, 2.05) is 33.3 Å². The highest BCUT2D eigenvalue weighted by Crippen LogP contribution is 2.43. The van der Waals surface area contributed by atoms with E-state index in [4.69, 9.17) is 13.8 Å². The van der Waals surface area contributed by atoms with Crippen molar-refractivity contribution in [2.75, 3.05) is 40.9 Å². The number of esters is 1. The van der Waals surface area contributed by atoms with Gasteiger partial charge in [-0.1, -0.05) is 279 Å². The lowest BCUT2D eigenvalue weighted by molar-refractivity contribution is -0.870. The van der Waals surface area contributed by atoms with Gasteiger partial charge in [-0.25, -0.2) is 4.57 Å². The summed E-state index contributed by atoms with van der Waals surface area (Å²) in [5.41, 5.74) is 0. The minimum Gasteiger partial charge on any atom is -0.456 e. The van der Waals surface area contributed by atoms with Gasteiger partial charge in [0.25, 0.3) is 0 Å². The molecule has 480 valence electrons. The number of nitrogens with one attached hydrogen (secondary N) is 1. The first-order valence-electron chi connectivity index (χ1n) is 34.6. The van der Waals surface area contributed by atoms with Crippen molar-refractivity contribution in [3.8, 4) is 0 Å². The lowest BCUT2D eigenvalue weighted by Gasteiger charge is -2.27. The van der Waals surface area contributed by atoms with E-state index in [1.165, 1.54) is 154 Å². The monoisotopic (exact) mass is 1180 g/mol. The number of carbonyl (C=O) groups excluding carboxylic acids is 2. The Bertz CT molecular complexity index is 1740. The number of hydrogen-bond acceptors (Lipinski definition) is 6. The molecule has 0 aliphatic heterocycles. The molecule has 1 amide bonds. The highest BCUT2D eigenvalue weighted by molar-refractivity contribution is 7.47. The Balaban J connectivity index is 5.08. The Kier molecular flexibility index (Phi) is 59.7. The molecule has 10 heteroatoms. The van der Waals surface area contributed by atoms with Crippen LogP contribution in [0.3, 0.4) is 0 Å². The molecule has 3 unspecified atom stereocenters. The minimum absolute atomic E-state index is 0.0326. The molecular formula is C73H132N2O7P+. The summed E-state index contributed by atoms with van der Waals surface area (Å²) in [6.45, 7) is 6.87. The fraction of sp³-hybridized carbons (Fsp3) is 0.753. The first-order chi connectivity index (χ1) is 40.4. The van der Waals surface area contributed by atoms with Gasteiger partial charge in [0.2, 0.25) is 5.91 Å².